The average Bonchev–Trinajstić information content (AvgIpc) is 3.67. The summed E-state index contributed by atoms with van der Waals surface area (Å²) in [4.78, 5) is 77.0. The monoisotopic (exact) mass is 652 g/mol. The number of carbonyl (C=O) groups is 6. The third-order valence-corrected chi connectivity index (χ3v) is 10.3. The molecule has 10 atom stereocenters. The Labute approximate surface area is 267 Å². The molecule has 1 spiro atoms. The lowest BCUT2D eigenvalue weighted by atomic mass is 9.45. The second-order valence-electron chi connectivity index (χ2n) is 13.5. The van der Waals surface area contributed by atoms with E-state index in [0.717, 1.165) is 13.8 Å². The molecule has 0 amide bonds. The molecule has 256 valence electrons. The molecule has 1 saturated heterocycles. The van der Waals surface area contributed by atoms with Crippen LogP contribution in [0.4, 0.5) is 0 Å². The molecule has 0 unspecified atom stereocenters. The van der Waals surface area contributed by atoms with Crippen molar-refractivity contribution < 1.29 is 67.0 Å². The van der Waals surface area contributed by atoms with Gasteiger partial charge in [0.15, 0.2) is 17.8 Å². The first-order valence-electron chi connectivity index (χ1n) is 15.2. The molecule has 14 nitrogen and oxygen atoms in total. The highest BCUT2D eigenvalue weighted by atomic mass is 16.6. The van der Waals surface area contributed by atoms with E-state index in [2.05, 4.69) is 0 Å². The van der Waals surface area contributed by atoms with Crippen LogP contribution in [0.2, 0.25) is 0 Å². The Morgan fingerprint density at radius 1 is 0.739 bits per heavy atom. The van der Waals surface area contributed by atoms with Crippen molar-refractivity contribution in [2.75, 3.05) is 6.61 Å². The molecule has 4 aliphatic rings. The molecule has 1 N–H and O–H groups in total. The van der Waals surface area contributed by atoms with E-state index in [9.17, 15) is 33.9 Å². The van der Waals surface area contributed by atoms with Crippen LogP contribution in [0, 0.1) is 16.7 Å². The zero-order valence-corrected chi connectivity index (χ0v) is 27.9. The highest BCUT2D eigenvalue weighted by molar-refractivity contribution is 5.71. The van der Waals surface area contributed by atoms with Crippen molar-refractivity contribution in [3.63, 3.8) is 0 Å². The van der Waals surface area contributed by atoms with Gasteiger partial charge in [0.2, 0.25) is 0 Å². The van der Waals surface area contributed by atoms with Gasteiger partial charge in [-0.25, -0.2) is 0 Å². The number of aliphatic hydroxyl groups excluding tert-OH is 1. The highest BCUT2D eigenvalue weighted by Gasteiger charge is 2.80. The molecule has 1 heterocycles. The SMILES string of the molecule is CC(=O)O[C@H]1C[C@@]2(OC(C)=O)[C@@H](OC(C)=O)[C@@H]3[C@@]4(CO4)[C@@H](O)C[C@H](OC(C)=O)[C@@]3(C)[C@@H](OC(C)=O)[C@H](OC(C)=O)C(=C1C)C2(C)C. The van der Waals surface area contributed by atoms with E-state index < -0.39 is 100 Å². The van der Waals surface area contributed by atoms with Gasteiger partial charge in [0.25, 0.3) is 0 Å². The Hall–Kier alpha value is -3.52. The number of aliphatic hydroxyl groups is 1. The standard InChI is InChI=1S/C32H44O14/c1-14-21(41-15(2)33)12-32(46-20(7)38)28(45-19(6)37)26-30(10,23(42-16(3)34)11-22(39)31(26)13-40-31)27(44-18(5)36)25(43-17(4)35)24(14)29(32,8)9/h21-23,25-28,39H,11-13H2,1-10H3/t21-,22-,23-,25+,26-,27-,28-,30+,31+,32+/m0/s1. The molecule has 0 aromatic rings. The molecule has 1 aliphatic heterocycles. The van der Waals surface area contributed by atoms with Gasteiger partial charge in [0.05, 0.1) is 18.1 Å². The number of esters is 6. The van der Waals surface area contributed by atoms with Gasteiger partial charge in [0, 0.05) is 65.7 Å². The lowest BCUT2D eigenvalue weighted by Gasteiger charge is -2.65. The molecule has 2 bridgehead atoms. The number of fused-ring (bicyclic) bond motifs is 4. The van der Waals surface area contributed by atoms with E-state index >= 15 is 0 Å². The normalized spacial score (nSPS) is 39.1. The Kier molecular flexibility index (Phi) is 9.16. The summed E-state index contributed by atoms with van der Waals surface area (Å²) in [6, 6.07) is 0. The van der Waals surface area contributed by atoms with Crippen molar-refractivity contribution >= 4 is 35.8 Å². The second kappa shape index (κ2) is 11.9. The summed E-state index contributed by atoms with van der Waals surface area (Å²) >= 11 is 0. The van der Waals surface area contributed by atoms with Crippen molar-refractivity contribution in [2.45, 2.75) is 130 Å². The summed E-state index contributed by atoms with van der Waals surface area (Å²) < 4.78 is 42.1. The molecule has 4 rings (SSSR count). The third-order valence-electron chi connectivity index (χ3n) is 10.3. The maximum atomic E-state index is 13.1. The van der Waals surface area contributed by atoms with Crippen LogP contribution in [0.5, 0.6) is 0 Å². The van der Waals surface area contributed by atoms with Crippen molar-refractivity contribution in [2.24, 2.45) is 16.7 Å². The van der Waals surface area contributed by atoms with Crippen molar-refractivity contribution in [1.82, 2.24) is 0 Å². The first-order valence-corrected chi connectivity index (χ1v) is 15.2. The van der Waals surface area contributed by atoms with Gasteiger partial charge in [0.1, 0.15) is 23.9 Å². The summed E-state index contributed by atoms with van der Waals surface area (Å²) in [5.74, 6) is -5.71. The zero-order valence-electron chi connectivity index (χ0n) is 27.9. The van der Waals surface area contributed by atoms with Gasteiger partial charge in [-0.3, -0.25) is 28.8 Å². The molecule has 0 aromatic carbocycles. The predicted molar refractivity (Wildman–Crippen MR) is 154 cm³/mol. The molecule has 0 aromatic heterocycles. The van der Waals surface area contributed by atoms with Crippen LogP contribution in [-0.4, -0.2) is 95.4 Å². The summed E-state index contributed by atoms with van der Waals surface area (Å²) in [7, 11) is 0. The number of ether oxygens (including phenoxy) is 7. The maximum absolute atomic E-state index is 13.1. The number of rotatable bonds is 6. The predicted octanol–water partition coefficient (Wildman–Crippen LogP) is 1.86. The van der Waals surface area contributed by atoms with Crippen molar-refractivity contribution in [1.29, 1.82) is 0 Å². The Morgan fingerprint density at radius 2 is 1.24 bits per heavy atom. The van der Waals surface area contributed by atoms with Crippen LogP contribution in [0.15, 0.2) is 11.1 Å². The number of carbonyl (C=O) groups excluding carboxylic acids is 6. The topological polar surface area (TPSA) is 191 Å². The summed E-state index contributed by atoms with van der Waals surface area (Å²) in [6.45, 7) is 13.7. The fourth-order valence-electron chi connectivity index (χ4n) is 8.56. The molecule has 3 fully saturated rings. The van der Waals surface area contributed by atoms with Crippen LogP contribution >= 0.6 is 0 Å². The molecule has 3 aliphatic carbocycles. The van der Waals surface area contributed by atoms with Crippen LogP contribution in [0.3, 0.4) is 0 Å². The van der Waals surface area contributed by atoms with E-state index in [1.807, 2.05) is 0 Å². The van der Waals surface area contributed by atoms with Crippen LogP contribution in [0.25, 0.3) is 0 Å². The van der Waals surface area contributed by atoms with E-state index in [0.29, 0.717) is 5.57 Å². The molecule has 14 heteroatoms. The summed E-state index contributed by atoms with van der Waals surface area (Å²) in [6.07, 6.45) is -8.36. The van der Waals surface area contributed by atoms with Gasteiger partial charge in [-0.1, -0.05) is 20.8 Å². The van der Waals surface area contributed by atoms with Crippen molar-refractivity contribution in [3.8, 4) is 0 Å². The van der Waals surface area contributed by atoms with Gasteiger partial charge < -0.3 is 38.3 Å². The lowest BCUT2D eigenvalue weighted by molar-refractivity contribution is -0.287. The molecule has 0 radical (unpaired) electrons. The van der Waals surface area contributed by atoms with Gasteiger partial charge in [-0.2, -0.15) is 0 Å². The molecular weight excluding hydrogens is 608 g/mol. The van der Waals surface area contributed by atoms with E-state index in [-0.39, 0.29) is 25.0 Å². The molecule has 46 heavy (non-hydrogen) atoms. The fraction of sp³-hybridized carbons (Fsp3) is 0.750. The zero-order chi connectivity index (χ0) is 34.7. The first kappa shape index (κ1) is 35.3. The smallest absolute Gasteiger partial charge is 0.303 e. The minimum Gasteiger partial charge on any atom is -0.462 e. The second-order valence-corrected chi connectivity index (χ2v) is 13.5. The van der Waals surface area contributed by atoms with E-state index in [1.165, 1.54) is 27.7 Å². The number of hydrogen-bond acceptors (Lipinski definition) is 14. The quantitative estimate of drug-likeness (QED) is 0.189. The molecular formula is C32H44O14. The van der Waals surface area contributed by atoms with Gasteiger partial charge >= 0.3 is 35.8 Å². The summed E-state index contributed by atoms with van der Waals surface area (Å²) in [5.41, 5.74) is -5.67. The van der Waals surface area contributed by atoms with E-state index in [1.54, 1.807) is 27.7 Å². The lowest BCUT2D eigenvalue weighted by Crippen LogP contribution is -2.77. The third kappa shape index (κ3) is 5.56. The van der Waals surface area contributed by atoms with Crippen LogP contribution in [-0.2, 0) is 61.9 Å². The average molecular weight is 653 g/mol. The van der Waals surface area contributed by atoms with Gasteiger partial charge in [-0.15, -0.1) is 0 Å². The van der Waals surface area contributed by atoms with Crippen molar-refractivity contribution in [3.05, 3.63) is 11.1 Å². The number of epoxide rings is 1. The minimum absolute atomic E-state index is 0.0460. The highest BCUT2D eigenvalue weighted by Crippen LogP contribution is 2.67. The summed E-state index contributed by atoms with van der Waals surface area (Å²) in [5, 5.41) is 11.6. The maximum Gasteiger partial charge on any atom is 0.303 e. The minimum atomic E-state index is -1.87. The van der Waals surface area contributed by atoms with Crippen LogP contribution < -0.4 is 0 Å². The van der Waals surface area contributed by atoms with E-state index in [4.69, 9.17) is 33.2 Å². The Balaban J connectivity index is 2.26. The Bertz CT molecular complexity index is 1360. The largest absolute Gasteiger partial charge is 0.462 e. The number of hydrogen-bond donors (Lipinski definition) is 1. The van der Waals surface area contributed by atoms with Crippen LogP contribution in [0.1, 0.15) is 82.1 Å². The molecule has 2 saturated carbocycles. The Morgan fingerprint density at radius 3 is 1.70 bits per heavy atom. The fourth-order valence-corrected chi connectivity index (χ4v) is 8.56. The first-order chi connectivity index (χ1) is 21.1. The van der Waals surface area contributed by atoms with Gasteiger partial charge in [-0.05, 0) is 18.1 Å².